The average Bonchev–Trinajstić information content (AvgIpc) is 2.91. The van der Waals surface area contributed by atoms with E-state index in [1.807, 2.05) is 36.4 Å². The van der Waals surface area contributed by atoms with E-state index in [-0.39, 0.29) is 17.3 Å². The Kier molecular flexibility index (Phi) is 8.47. The van der Waals surface area contributed by atoms with Crippen LogP contribution in [0.25, 0.3) is 10.9 Å². The number of nitrogens with one attached hydrogen (secondary N) is 2. The van der Waals surface area contributed by atoms with Crippen LogP contribution in [0.15, 0.2) is 76.2 Å². The Hall–Kier alpha value is -4.73. The van der Waals surface area contributed by atoms with Crippen molar-refractivity contribution in [3.63, 3.8) is 0 Å². The van der Waals surface area contributed by atoms with Gasteiger partial charge >= 0.3 is 17.7 Å². The van der Waals surface area contributed by atoms with E-state index < -0.39 is 23.4 Å². The van der Waals surface area contributed by atoms with E-state index in [9.17, 15) is 14.4 Å². The molecule has 2 amide bonds. The molecule has 0 aliphatic carbocycles. The minimum atomic E-state index is -0.721. The molecule has 0 fully saturated rings. The lowest BCUT2D eigenvalue weighted by Crippen LogP contribution is -2.47. The largest absolute Gasteiger partial charge is 0.444 e. The van der Waals surface area contributed by atoms with Crippen LogP contribution in [0.1, 0.15) is 37.5 Å². The van der Waals surface area contributed by atoms with Crippen LogP contribution in [0.2, 0.25) is 0 Å². The van der Waals surface area contributed by atoms with E-state index >= 15 is 0 Å². The summed E-state index contributed by atoms with van der Waals surface area (Å²) in [7, 11) is 1.67. The molecule has 2 heterocycles. The van der Waals surface area contributed by atoms with E-state index in [1.54, 1.807) is 70.2 Å². The van der Waals surface area contributed by atoms with Crippen molar-refractivity contribution in [1.82, 2.24) is 15.3 Å². The number of nitrogens with zero attached hydrogens (tertiary/aromatic N) is 3. The minimum Gasteiger partial charge on any atom is -0.444 e. The van der Waals surface area contributed by atoms with Crippen LogP contribution < -0.4 is 21.2 Å². The number of pyridine rings is 1. The number of benzene rings is 2. The van der Waals surface area contributed by atoms with Gasteiger partial charge in [-0.1, -0.05) is 36.4 Å². The number of rotatable bonds is 8. The Morgan fingerprint density at radius 3 is 2.45 bits per heavy atom. The van der Waals surface area contributed by atoms with Crippen molar-refractivity contribution in [2.24, 2.45) is 0 Å². The summed E-state index contributed by atoms with van der Waals surface area (Å²) in [6.45, 7) is 7.29. The molecular weight excluding hydrogens is 510 g/mol. The number of likely N-dealkylation sites (N-methyl/N-ethyl adjacent to an activating group) is 1. The van der Waals surface area contributed by atoms with E-state index in [0.29, 0.717) is 29.7 Å². The maximum absolute atomic E-state index is 13.4. The maximum atomic E-state index is 13.4. The summed E-state index contributed by atoms with van der Waals surface area (Å²) < 4.78 is 11.0. The van der Waals surface area contributed by atoms with Gasteiger partial charge in [-0.25, -0.2) is 9.59 Å². The van der Waals surface area contributed by atoms with Crippen molar-refractivity contribution in [1.29, 1.82) is 0 Å². The number of amides is 2. The Labute approximate surface area is 232 Å². The summed E-state index contributed by atoms with van der Waals surface area (Å²) in [4.78, 5) is 49.1. The number of fused-ring (bicyclic) bond motifs is 1. The second-order valence-corrected chi connectivity index (χ2v) is 10.4. The van der Waals surface area contributed by atoms with Crippen molar-refractivity contribution in [3.05, 3.63) is 94.1 Å². The first-order valence-electron chi connectivity index (χ1n) is 12.9. The lowest BCUT2D eigenvalue weighted by Gasteiger charge is -2.27. The first-order valence-corrected chi connectivity index (χ1v) is 12.9. The number of carbonyl (C=O) groups excluding carboxylic acids is 2. The molecule has 0 saturated heterocycles. The van der Waals surface area contributed by atoms with Gasteiger partial charge in [-0.15, -0.1) is 0 Å². The maximum Gasteiger partial charge on any atom is 0.412 e. The van der Waals surface area contributed by atoms with Gasteiger partial charge in [0.1, 0.15) is 11.6 Å². The van der Waals surface area contributed by atoms with Gasteiger partial charge in [-0.3, -0.25) is 15.1 Å². The SMILES string of the molecule is Cc1c(NC(=O)OC(C)(C)C)ccc2nc(N(C)[C@@H](Cc3ccccc3)C(=O)NCc3cccnc3)oc(=O)c12. The monoisotopic (exact) mass is 543 g/mol. The third kappa shape index (κ3) is 7.02. The highest BCUT2D eigenvalue weighted by Crippen LogP contribution is 2.25. The third-order valence-electron chi connectivity index (χ3n) is 6.22. The molecule has 2 N–H and O–H groups in total. The molecular formula is C30H33N5O5. The molecule has 0 aliphatic rings. The molecule has 10 heteroatoms. The van der Waals surface area contributed by atoms with E-state index in [1.165, 1.54) is 0 Å². The Morgan fingerprint density at radius 1 is 1.05 bits per heavy atom. The number of hydrogen-bond donors (Lipinski definition) is 2. The minimum absolute atomic E-state index is 0.00205. The molecule has 2 aromatic carbocycles. The van der Waals surface area contributed by atoms with Crippen molar-refractivity contribution in [2.75, 3.05) is 17.3 Å². The quantitative estimate of drug-likeness (QED) is 0.330. The number of aryl methyl sites for hydroxylation is 1. The number of hydrogen-bond acceptors (Lipinski definition) is 8. The van der Waals surface area contributed by atoms with Crippen LogP contribution >= 0.6 is 0 Å². The first kappa shape index (κ1) is 28.3. The van der Waals surface area contributed by atoms with Crippen LogP contribution in [0.5, 0.6) is 0 Å². The highest BCUT2D eigenvalue weighted by molar-refractivity contribution is 5.93. The molecule has 0 bridgehead atoms. The fourth-order valence-corrected chi connectivity index (χ4v) is 4.19. The summed E-state index contributed by atoms with van der Waals surface area (Å²) in [5.74, 6) is -0.257. The van der Waals surface area contributed by atoms with Gasteiger partial charge < -0.3 is 19.4 Å². The lowest BCUT2D eigenvalue weighted by atomic mass is 10.0. The first-order chi connectivity index (χ1) is 19.0. The molecule has 10 nitrogen and oxygen atoms in total. The van der Waals surface area contributed by atoms with Gasteiger partial charge in [0.2, 0.25) is 5.91 Å². The van der Waals surface area contributed by atoms with Crippen molar-refractivity contribution in [2.45, 2.75) is 52.3 Å². The molecule has 208 valence electrons. The van der Waals surface area contributed by atoms with Crippen molar-refractivity contribution in [3.8, 4) is 0 Å². The van der Waals surface area contributed by atoms with Gasteiger partial charge in [0.15, 0.2) is 0 Å². The number of ether oxygens (including phenoxy) is 1. The van der Waals surface area contributed by atoms with Gasteiger partial charge in [0.05, 0.1) is 10.9 Å². The number of anilines is 2. The fraction of sp³-hybridized carbons (Fsp3) is 0.300. The molecule has 40 heavy (non-hydrogen) atoms. The number of carbonyl (C=O) groups is 2. The lowest BCUT2D eigenvalue weighted by molar-refractivity contribution is -0.122. The van der Waals surface area contributed by atoms with Gasteiger partial charge in [-0.2, -0.15) is 4.98 Å². The zero-order valence-corrected chi connectivity index (χ0v) is 23.2. The standard InChI is InChI=1S/C30H33N5O5/c1-19-22(34-29(38)40-30(2,3)4)13-14-23-25(19)27(37)39-28(33-23)35(5)24(16-20-10-7-6-8-11-20)26(36)32-18-21-12-9-15-31-17-21/h6-15,17,24H,16,18H2,1-5H3,(H,32,36)(H,34,38)/t24-/m0/s1. The van der Waals surface area contributed by atoms with Crippen LogP contribution in [-0.2, 0) is 22.5 Å². The highest BCUT2D eigenvalue weighted by atomic mass is 16.6. The molecule has 0 spiro atoms. The smallest absolute Gasteiger partial charge is 0.412 e. The summed E-state index contributed by atoms with van der Waals surface area (Å²) in [6, 6.07) is 15.8. The molecule has 2 aromatic heterocycles. The topological polar surface area (TPSA) is 127 Å². The van der Waals surface area contributed by atoms with Gasteiger partial charge in [0, 0.05) is 38.1 Å². The second kappa shape index (κ2) is 12.0. The summed E-state index contributed by atoms with van der Waals surface area (Å²) >= 11 is 0. The van der Waals surface area contributed by atoms with E-state index in [2.05, 4.69) is 20.6 Å². The Bertz CT molecular complexity index is 1550. The van der Waals surface area contributed by atoms with Gasteiger partial charge in [-0.05, 0) is 62.6 Å². The number of aromatic nitrogens is 2. The van der Waals surface area contributed by atoms with Crippen molar-refractivity contribution < 1.29 is 18.7 Å². The highest BCUT2D eigenvalue weighted by Gasteiger charge is 2.27. The third-order valence-corrected chi connectivity index (χ3v) is 6.22. The fourth-order valence-electron chi connectivity index (χ4n) is 4.19. The van der Waals surface area contributed by atoms with Gasteiger partial charge in [0.25, 0.3) is 0 Å². The Balaban J connectivity index is 1.62. The summed E-state index contributed by atoms with van der Waals surface area (Å²) in [5.41, 5.74) is 1.77. The van der Waals surface area contributed by atoms with Crippen LogP contribution in [-0.4, -0.2) is 40.7 Å². The normalized spacial score (nSPS) is 12.0. The summed E-state index contributed by atoms with van der Waals surface area (Å²) in [6.07, 6.45) is 3.08. The van der Waals surface area contributed by atoms with Crippen LogP contribution in [0.3, 0.4) is 0 Å². The van der Waals surface area contributed by atoms with E-state index in [0.717, 1.165) is 11.1 Å². The zero-order valence-electron chi connectivity index (χ0n) is 23.2. The predicted octanol–water partition coefficient (Wildman–Crippen LogP) is 4.60. The van der Waals surface area contributed by atoms with E-state index in [4.69, 9.17) is 9.15 Å². The summed E-state index contributed by atoms with van der Waals surface area (Å²) in [5, 5.41) is 5.85. The molecule has 0 saturated carbocycles. The molecule has 4 rings (SSSR count). The van der Waals surface area contributed by atoms with Crippen molar-refractivity contribution >= 4 is 34.6 Å². The molecule has 0 radical (unpaired) electrons. The van der Waals surface area contributed by atoms with Crippen LogP contribution in [0, 0.1) is 6.92 Å². The second-order valence-electron chi connectivity index (χ2n) is 10.4. The van der Waals surface area contributed by atoms with Crippen LogP contribution in [0.4, 0.5) is 16.5 Å². The predicted molar refractivity (Wildman–Crippen MR) is 153 cm³/mol. The Morgan fingerprint density at radius 2 is 1.77 bits per heavy atom. The molecule has 4 aromatic rings. The molecule has 0 unspecified atom stereocenters. The average molecular weight is 544 g/mol. The molecule has 0 aliphatic heterocycles. The zero-order chi connectivity index (χ0) is 28.9. The molecule has 1 atom stereocenters.